The summed E-state index contributed by atoms with van der Waals surface area (Å²) >= 11 is 6.16. The molecule has 3 aliphatic rings. The van der Waals surface area contributed by atoms with Crippen molar-refractivity contribution < 1.29 is 18.0 Å². The summed E-state index contributed by atoms with van der Waals surface area (Å²) in [5, 5.41) is 0.554. The molecule has 176 valence electrons. The summed E-state index contributed by atoms with van der Waals surface area (Å²) in [7, 11) is -3.89. The van der Waals surface area contributed by atoms with Crippen molar-refractivity contribution in [3.05, 3.63) is 118 Å². The van der Waals surface area contributed by atoms with Crippen molar-refractivity contribution in [1.82, 2.24) is 4.90 Å². The van der Waals surface area contributed by atoms with Gasteiger partial charge in [-0.2, -0.15) is 4.99 Å². The van der Waals surface area contributed by atoms with Crippen LogP contribution in [-0.2, 0) is 16.4 Å². The molecular formula is C27H16ClN3O4S. The average molecular weight is 514 g/mol. The van der Waals surface area contributed by atoms with E-state index < -0.39 is 21.5 Å². The molecule has 0 aromatic heterocycles. The van der Waals surface area contributed by atoms with Crippen LogP contribution in [0.1, 0.15) is 37.4 Å². The highest BCUT2D eigenvalue weighted by atomic mass is 35.5. The highest BCUT2D eigenvalue weighted by molar-refractivity contribution is 7.91. The zero-order valence-electron chi connectivity index (χ0n) is 18.6. The monoisotopic (exact) mass is 513 g/mol. The van der Waals surface area contributed by atoms with Crippen LogP contribution >= 0.6 is 11.6 Å². The van der Waals surface area contributed by atoms with Gasteiger partial charge in [0, 0.05) is 35.0 Å². The van der Waals surface area contributed by atoms with Crippen LogP contribution in [0.25, 0.3) is 0 Å². The third-order valence-electron chi connectivity index (χ3n) is 6.17. The Morgan fingerprint density at radius 2 is 1.64 bits per heavy atom. The van der Waals surface area contributed by atoms with E-state index >= 15 is 0 Å². The van der Waals surface area contributed by atoms with Crippen LogP contribution in [0.4, 0.5) is 0 Å². The van der Waals surface area contributed by atoms with Gasteiger partial charge in [0.15, 0.2) is 11.6 Å². The SMILES string of the molecule is O=C(N=C1N=C2C=CC(Cl)=CN2Cc2ccccc21)c1ccc2c(c1)C(=O)c1ccccc1S2(=O)=O. The molecule has 0 unspecified atom stereocenters. The maximum absolute atomic E-state index is 13.3. The van der Waals surface area contributed by atoms with Crippen molar-refractivity contribution in [2.75, 3.05) is 0 Å². The Morgan fingerprint density at radius 1 is 0.917 bits per heavy atom. The molecule has 0 N–H and O–H groups in total. The Hall–Kier alpha value is -4.14. The lowest BCUT2D eigenvalue weighted by molar-refractivity contribution is 0.100. The number of ketones is 1. The molecule has 0 saturated carbocycles. The number of amides is 1. The van der Waals surface area contributed by atoms with Crippen molar-refractivity contribution in [2.24, 2.45) is 9.98 Å². The first-order chi connectivity index (χ1) is 17.3. The van der Waals surface area contributed by atoms with Gasteiger partial charge in [-0.3, -0.25) is 9.59 Å². The molecule has 7 nitrogen and oxygen atoms in total. The number of halogens is 1. The summed E-state index contributed by atoms with van der Waals surface area (Å²) in [6.07, 6.45) is 5.21. The minimum absolute atomic E-state index is 0.0352. The molecule has 0 aliphatic carbocycles. The topological polar surface area (TPSA) is 96.2 Å². The smallest absolute Gasteiger partial charge is 0.279 e. The van der Waals surface area contributed by atoms with Gasteiger partial charge in [0.1, 0.15) is 5.84 Å². The molecular weight excluding hydrogens is 498 g/mol. The quantitative estimate of drug-likeness (QED) is 0.373. The molecule has 6 rings (SSSR count). The number of amidine groups is 2. The molecule has 36 heavy (non-hydrogen) atoms. The molecule has 3 heterocycles. The average Bonchev–Trinajstić information content (AvgIpc) is 3.03. The number of carbonyl (C=O) groups is 2. The summed E-state index contributed by atoms with van der Waals surface area (Å²) in [6, 6.07) is 17.5. The lowest BCUT2D eigenvalue weighted by Gasteiger charge is -2.21. The number of nitrogens with zero attached hydrogens (tertiary/aromatic N) is 3. The third kappa shape index (κ3) is 3.54. The third-order valence-corrected chi connectivity index (χ3v) is 8.27. The minimum atomic E-state index is -3.89. The number of allylic oxidation sites excluding steroid dienone is 2. The van der Waals surface area contributed by atoms with E-state index in [-0.39, 0.29) is 32.3 Å². The Labute approximate surface area is 211 Å². The summed E-state index contributed by atoms with van der Waals surface area (Å²) < 4.78 is 26.1. The summed E-state index contributed by atoms with van der Waals surface area (Å²) in [4.78, 5) is 37.0. The summed E-state index contributed by atoms with van der Waals surface area (Å²) in [6.45, 7) is 0.493. The zero-order chi connectivity index (χ0) is 25.0. The van der Waals surface area contributed by atoms with Gasteiger partial charge >= 0.3 is 0 Å². The van der Waals surface area contributed by atoms with E-state index in [2.05, 4.69) is 9.98 Å². The van der Waals surface area contributed by atoms with Crippen LogP contribution in [0.15, 0.2) is 110 Å². The number of benzene rings is 3. The predicted molar refractivity (Wildman–Crippen MR) is 135 cm³/mol. The molecule has 3 aliphatic heterocycles. The molecule has 0 radical (unpaired) electrons. The van der Waals surface area contributed by atoms with Crippen LogP contribution in [0, 0.1) is 0 Å². The fourth-order valence-corrected chi connectivity index (χ4v) is 6.25. The lowest BCUT2D eigenvalue weighted by Crippen LogP contribution is -2.25. The molecule has 0 fully saturated rings. The summed E-state index contributed by atoms with van der Waals surface area (Å²) in [5.74, 6) is -0.307. The largest absolute Gasteiger partial charge is 0.327 e. The van der Waals surface area contributed by atoms with Crippen molar-refractivity contribution in [1.29, 1.82) is 0 Å². The number of fused-ring (bicyclic) bond motifs is 4. The van der Waals surface area contributed by atoms with E-state index in [0.717, 1.165) is 5.56 Å². The van der Waals surface area contributed by atoms with Crippen LogP contribution in [0.3, 0.4) is 0 Å². The number of aliphatic imine (C=N–C) groups is 2. The van der Waals surface area contributed by atoms with Crippen molar-refractivity contribution >= 4 is 44.8 Å². The van der Waals surface area contributed by atoms with Crippen LogP contribution in [0.5, 0.6) is 0 Å². The van der Waals surface area contributed by atoms with E-state index in [1.807, 2.05) is 29.2 Å². The lowest BCUT2D eigenvalue weighted by atomic mass is 10.00. The first-order valence-corrected chi connectivity index (χ1v) is 12.8. The van der Waals surface area contributed by atoms with Gasteiger partial charge in [-0.15, -0.1) is 0 Å². The van der Waals surface area contributed by atoms with Crippen LogP contribution < -0.4 is 0 Å². The van der Waals surface area contributed by atoms with Gasteiger partial charge in [-0.25, -0.2) is 13.4 Å². The van der Waals surface area contributed by atoms with E-state index in [0.29, 0.717) is 23.0 Å². The maximum Gasteiger partial charge on any atom is 0.279 e. The van der Waals surface area contributed by atoms with E-state index in [1.54, 1.807) is 30.5 Å². The highest BCUT2D eigenvalue weighted by Gasteiger charge is 2.35. The predicted octanol–water partition coefficient (Wildman–Crippen LogP) is 4.51. The number of rotatable bonds is 1. The van der Waals surface area contributed by atoms with Crippen LogP contribution in [-0.4, -0.2) is 36.7 Å². The zero-order valence-corrected chi connectivity index (χ0v) is 20.1. The van der Waals surface area contributed by atoms with E-state index in [1.165, 1.54) is 30.3 Å². The number of hydrogen-bond donors (Lipinski definition) is 0. The molecule has 3 aromatic carbocycles. The van der Waals surface area contributed by atoms with Crippen molar-refractivity contribution in [3.63, 3.8) is 0 Å². The van der Waals surface area contributed by atoms with Crippen LogP contribution in [0.2, 0.25) is 0 Å². The maximum atomic E-state index is 13.3. The van der Waals surface area contributed by atoms with Crippen molar-refractivity contribution in [2.45, 2.75) is 16.3 Å². The Balaban J connectivity index is 1.45. The Bertz CT molecular complexity index is 1740. The molecule has 0 atom stereocenters. The van der Waals surface area contributed by atoms with Gasteiger partial charge in [0.2, 0.25) is 9.84 Å². The molecule has 9 heteroatoms. The fourth-order valence-electron chi connectivity index (χ4n) is 4.44. The highest BCUT2D eigenvalue weighted by Crippen LogP contribution is 2.35. The van der Waals surface area contributed by atoms with E-state index in [9.17, 15) is 18.0 Å². The first kappa shape index (κ1) is 22.3. The Morgan fingerprint density at radius 3 is 2.47 bits per heavy atom. The Kier molecular flexibility index (Phi) is 5.10. The van der Waals surface area contributed by atoms with Gasteiger partial charge < -0.3 is 4.90 Å². The van der Waals surface area contributed by atoms with Gasteiger partial charge in [-0.1, -0.05) is 48.0 Å². The number of carbonyl (C=O) groups excluding carboxylic acids is 2. The molecule has 0 spiro atoms. The standard InChI is InChI=1S/C27H16ClN3O4S/c28-18-10-12-24-29-26(19-6-2-1-5-17(19)14-31(24)15-18)30-27(33)16-9-11-23-21(13-16)25(32)20-7-3-4-8-22(20)36(23,34)35/h1-13,15H,14H2. The van der Waals surface area contributed by atoms with Crippen molar-refractivity contribution in [3.8, 4) is 0 Å². The van der Waals surface area contributed by atoms with Gasteiger partial charge in [0.05, 0.1) is 14.8 Å². The number of hydrogen-bond acceptors (Lipinski definition) is 5. The van der Waals surface area contributed by atoms with Gasteiger partial charge in [0.25, 0.3) is 5.91 Å². The first-order valence-electron chi connectivity index (χ1n) is 11.0. The minimum Gasteiger partial charge on any atom is -0.327 e. The second-order valence-corrected chi connectivity index (χ2v) is 10.7. The van der Waals surface area contributed by atoms with Gasteiger partial charge in [-0.05, 0) is 48.0 Å². The molecule has 0 bridgehead atoms. The second-order valence-electron chi connectivity index (χ2n) is 8.38. The second kappa shape index (κ2) is 8.22. The van der Waals surface area contributed by atoms with E-state index in [4.69, 9.17) is 11.6 Å². The molecule has 3 aromatic rings. The number of sulfone groups is 1. The summed E-state index contributed by atoms with van der Waals surface area (Å²) in [5.41, 5.74) is 1.72. The fraction of sp³-hybridized carbons (Fsp3) is 0.0370. The molecule has 1 amide bonds. The molecule has 0 saturated heterocycles. The normalized spacial score (nSPS) is 18.3.